The van der Waals surface area contributed by atoms with E-state index in [0.29, 0.717) is 12.1 Å². The van der Waals surface area contributed by atoms with E-state index < -0.39 is 0 Å². The highest BCUT2D eigenvalue weighted by Crippen LogP contribution is 2.29. The third-order valence-corrected chi connectivity index (χ3v) is 4.31. The molecule has 1 aromatic rings. The van der Waals surface area contributed by atoms with E-state index in [4.69, 9.17) is 10.5 Å². The Balaban J connectivity index is 1.84. The Morgan fingerprint density at radius 3 is 2.43 bits per heavy atom. The summed E-state index contributed by atoms with van der Waals surface area (Å²) in [7, 11) is 0. The number of nitrogens with two attached hydrogens (primary N) is 1. The van der Waals surface area contributed by atoms with Crippen LogP contribution in [-0.2, 0) is 0 Å². The Hall–Kier alpha value is -1.55. The van der Waals surface area contributed by atoms with Gasteiger partial charge in [-0.3, -0.25) is 4.79 Å². The molecule has 0 aromatic heterocycles. The normalized spacial score (nSPS) is 14.8. The minimum Gasteiger partial charge on any atom is -0.493 e. The summed E-state index contributed by atoms with van der Waals surface area (Å²) >= 11 is 0. The van der Waals surface area contributed by atoms with Crippen LogP contribution in [0.2, 0.25) is 0 Å². The summed E-state index contributed by atoms with van der Waals surface area (Å²) in [4.78, 5) is 12.1. The number of rotatable bonds is 8. The number of hydrogen-bond donors (Lipinski definition) is 2. The fraction of sp³-hybridized carbons (Fsp3) is 0.588. The van der Waals surface area contributed by atoms with Crippen LogP contribution in [-0.4, -0.2) is 24.6 Å². The highest BCUT2D eigenvalue weighted by atomic mass is 16.5. The van der Waals surface area contributed by atoms with Crippen LogP contribution >= 0.6 is 0 Å². The maximum absolute atomic E-state index is 12.1. The molecule has 4 heteroatoms. The number of ether oxygens (including phenoxy) is 1. The van der Waals surface area contributed by atoms with Crippen molar-refractivity contribution in [1.82, 2.24) is 5.32 Å². The number of hydrogen-bond acceptors (Lipinski definition) is 3. The van der Waals surface area contributed by atoms with Crippen molar-refractivity contribution in [3.05, 3.63) is 29.8 Å². The number of carbonyl (C=O) groups excluding carboxylic acids is 1. The molecule has 1 saturated carbocycles. The zero-order valence-electron chi connectivity index (χ0n) is 13.0. The predicted molar refractivity (Wildman–Crippen MR) is 84.5 cm³/mol. The molecule has 2 rings (SSSR count). The molecule has 0 unspecified atom stereocenters. The molecule has 4 nitrogen and oxygen atoms in total. The molecule has 0 saturated heterocycles. The van der Waals surface area contributed by atoms with Crippen molar-refractivity contribution < 1.29 is 9.53 Å². The molecule has 1 aliphatic rings. The minimum absolute atomic E-state index is 0.0829. The van der Waals surface area contributed by atoms with Gasteiger partial charge in [0.2, 0.25) is 0 Å². The van der Waals surface area contributed by atoms with Gasteiger partial charge in [0, 0.05) is 17.6 Å². The van der Waals surface area contributed by atoms with E-state index in [1.807, 2.05) is 26.0 Å². The molecule has 1 aliphatic carbocycles. The van der Waals surface area contributed by atoms with Gasteiger partial charge >= 0.3 is 0 Å². The van der Waals surface area contributed by atoms with E-state index in [9.17, 15) is 4.79 Å². The fourth-order valence-corrected chi connectivity index (χ4v) is 2.06. The second kappa shape index (κ2) is 6.94. The Morgan fingerprint density at radius 2 is 1.90 bits per heavy atom. The number of amides is 1. The molecule has 1 amide bonds. The molecule has 21 heavy (non-hydrogen) atoms. The summed E-state index contributed by atoms with van der Waals surface area (Å²) < 4.78 is 5.66. The Bertz CT molecular complexity index is 462. The first-order valence-corrected chi connectivity index (χ1v) is 7.86. The van der Waals surface area contributed by atoms with Crippen LogP contribution in [0.3, 0.4) is 0 Å². The van der Waals surface area contributed by atoms with Gasteiger partial charge in [-0.15, -0.1) is 0 Å². The van der Waals surface area contributed by atoms with Crippen molar-refractivity contribution in [2.24, 2.45) is 11.7 Å². The first-order valence-electron chi connectivity index (χ1n) is 7.86. The van der Waals surface area contributed by atoms with Gasteiger partial charge in [0.05, 0.1) is 6.61 Å². The van der Waals surface area contributed by atoms with Crippen molar-refractivity contribution in [3.63, 3.8) is 0 Å². The van der Waals surface area contributed by atoms with Gasteiger partial charge in [-0.1, -0.05) is 13.8 Å². The SMILES string of the molecule is CCC(N)(CC)CNC(=O)c1ccc(OCC2CC2)cc1. The average Bonchev–Trinajstić information content (AvgIpc) is 3.35. The molecule has 0 spiro atoms. The lowest BCUT2D eigenvalue weighted by atomic mass is 9.94. The van der Waals surface area contributed by atoms with Crippen molar-refractivity contribution in [2.75, 3.05) is 13.2 Å². The maximum Gasteiger partial charge on any atom is 0.251 e. The summed E-state index contributed by atoms with van der Waals surface area (Å²) in [5, 5.41) is 2.92. The van der Waals surface area contributed by atoms with Gasteiger partial charge in [0.25, 0.3) is 5.91 Å². The van der Waals surface area contributed by atoms with E-state index >= 15 is 0 Å². The second-order valence-electron chi connectivity index (χ2n) is 6.03. The van der Waals surface area contributed by atoms with Gasteiger partial charge in [0.1, 0.15) is 5.75 Å². The van der Waals surface area contributed by atoms with Crippen LogP contribution < -0.4 is 15.8 Å². The predicted octanol–water partition coefficient (Wildman–Crippen LogP) is 2.72. The van der Waals surface area contributed by atoms with Crippen LogP contribution in [0.15, 0.2) is 24.3 Å². The van der Waals surface area contributed by atoms with Crippen LogP contribution in [0, 0.1) is 5.92 Å². The van der Waals surface area contributed by atoms with E-state index in [0.717, 1.165) is 31.1 Å². The Labute approximate surface area is 127 Å². The van der Waals surface area contributed by atoms with Crippen LogP contribution in [0.5, 0.6) is 5.75 Å². The van der Waals surface area contributed by atoms with Gasteiger partial charge in [-0.05, 0) is 55.9 Å². The third kappa shape index (κ3) is 4.74. The molecule has 116 valence electrons. The van der Waals surface area contributed by atoms with Gasteiger partial charge in [-0.25, -0.2) is 0 Å². The lowest BCUT2D eigenvalue weighted by molar-refractivity contribution is 0.0942. The first-order chi connectivity index (χ1) is 10.1. The summed E-state index contributed by atoms with van der Waals surface area (Å²) in [6.07, 6.45) is 4.24. The van der Waals surface area contributed by atoms with Gasteiger partial charge in [-0.2, -0.15) is 0 Å². The lowest BCUT2D eigenvalue weighted by Crippen LogP contribution is -2.49. The lowest BCUT2D eigenvalue weighted by Gasteiger charge is -2.26. The largest absolute Gasteiger partial charge is 0.493 e. The smallest absolute Gasteiger partial charge is 0.251 e. The molecular formula is C17H26N2O2. The van der Waals surface area contributed by atoms with Crippen molar-refractivity contribution in [1.29, 1.82) is 0 Å². The maximum atomic E-state index is 12.1. The number of nitrogens with one attached hydrogen (secondary N) is 1. The van der Waals surface area contributed by atoms with Crippen LogP contribution in [0.25, 0.3) is 0 Å². The molecule has 3 N–H and O–H groups in total. The second-order valence-corrected chi connectivity index (χ2v) is 6.03. The minimum atomic E-state index is -0.316. The number of carbonyl (C=O) groups is 1. The summed E-state index contributed by atoms with van der Waals surface area (Å²) in [6.45, 7) is 5.37. The molecule has 1 fully saturated rings. The Morgan fingerprint density at radius 1 is 1.29 bits per heavy atom. The first kappa shape index (κ1) is 15.8. The molecule has 0 radical (unpaired) electrons. The molecule has 0 aliphatic heterocycles. The van der Waals surface area contributed by atoms with Crippen LogP contribution in [0.1, 0.15) is 49.9 Å². The summed E-state index contributed by atoms with van der Waals surface area (Å²) in [5.41, 5.74) is 6.51. The summed E-state index contributed by atoms with van der Waals surface area (Å²) in [6, 6.07) is 7.31. The average molecular weight is 290 g/mol. The molecule has 1 aromatic carbocycles. The number of benzene rings is 1. The standard InChI is InChI=1S/C17H26N2O2/c1-3-17(18,4-2)12-19-16(20)14-7-9-15(10-8-14)21-11-13-5-6-13/h7-10,13H,3-6,11-12,18H2,1-2H3,(H,19,20). The highest BCUT2D eigenvalue weighted by Gasteiger charge is 2.22. The van der Waals surface area contributed by atoms with Gasteiger partial charge < -0.3 is 15.8 Å². The highest BCUT2D eigenvalue weighted by molar-refractivity contribution is 5.94. The van der Waals surface area contributed by atoms with Crippen molar-refractivity contribution in [2.45, 2.75) is 45.1 Å². The van der Waals surface area contributed by atoms with E-state index in [1.165, 1.54) is 12.8 Å². The fourth-order valence-electron chi connectivity index (χ4n) is 2.06. The Kier molecular flexibility index (Phi) is 5.23. The topological polar surface area (TPSA) is 64.3 Å². The van der Waals surface area contributed by atoms with Crippen molar-refractivity contribution >= 4 is 5.91 Å². The molecule has 0 heterocycles. The zero-order chi connectivity index (χ0) is 15.3. The van der Waals surface area contributed by atoms with Gasteiger partial charge in [0.15, 0.2) is 0 Å². The quantitative estimate of drug-likeness (QED) is 0.773. The van der Waals surface area contributed by atoms with E-state index in [-0.39, 0.29) is 11.4 Å². The molecular weight excluding hydrogens is 264 g/mol. The van der Waals surface area contributed by atoms with Crippen molar-refractivity contribution in [3.8, 4) is 5.75 Å². The molecule has 0 atom stereocenters. The zero-order valence-corrected chi connectivity index (χ0v) is 13.0. The monoisotopic (exact) mass is 290 g/mol. The third-order valence-electron chi connectivity index (χ3n) is 4.31. The van der Waals surface area contributed by atoms with E-state index in [1.54, 1.807) is 12.1 Å². The van der Waals surface area contributed by atoms with Crippen LogP contribution in [0.4, 0.5) is 0 Å². The summed E-state index contributed by atoms with van der Waals surface area (Å²) in [5.74, 6) is 1.47. The molecule has 0 bridgehead atoms. The van der Waals surface area contributed by atoms with E-state index in [2.05, 4.69) is 5.32 Å².